The van der Waals surface area contributed by atoms with Crippen LogP contribution in [0.4, 0.5) is 0 Å². The summed E-state index contributed by atoms with van der Waals surface area (Å²) < 4.78 is 4.81. The van der Waals surface area contributed by atoms with E-state index in [4.69, 9.17) is 9.84 Å². The van der Waals surface area contributed by atoms with E-state index in [0.717, 1.165) is 17.4 Å². The number of benzene rings is 1. The summed E-state index contributed by atoms with van der Waals surface area (Å²) in [6, 6.07) is 7.41. The zero-order valence-corrected chi connectivity index (χ0v) is 12.4. The van der Waals surface area contributed by atoms with Crippen molar-refractivity contribution in [2.24, 2.45) is 0 Å². The highest BCUT2D eigenvalue weighted by atomic mass is 32.1. The maximum atomic E-state index is 11.7. The average molecular weight is 321 g/mol. The van der Waals surface area contributed by atoms with Gasteiger partial charge >= 0.3 is 5.97 Å². The Hall–Kier alpha value is -2.54. The lowest BCUT2D eigenvalue weighted by atomic mass is 10.2. The third kappa shape index (κ3) is 4.49. The van der Waals surface area contributed by atoms with Crippen molar-refractivity contribution >= 4 is 23.2 Å². The first kappa shape index (κ1) is 15.8. The summed E-state index contributed by atoms with van der Waals surface area (Å²) in [6.45, 7) is 0.0327. The Labute approximate surface area is 131 Å². The lowest BCUT2D eigenvalue weighted by Crippen LogP contribution is -2.30. The van der Waals surface area contributed by atoms with Crippen molar-refractivity contribution in [1.82, 2.24) is 5.32 Å². The largest absolute Gasteiger partial charge is 0.508 e. The molecule has 116 valence electrons. The van der Waals surface area contributed by atoms with Crippen molar-refractivity contribution in [3.63, 3.8) is 0 Å². The Morgan fingerprint density at radius 1 is 1.23 bits per heavy atom. The van der Waals surface area contributed by atoms with Crippen LogP contribution < -0.4 is 5.32 Å². The highest BCUT2D eigenvalue weighted by molar-refractivity contribution is 7.09. The number of aromatic hydroxyl groups is 2. The maximum absolute atomic E-state index is 11.7. The van der Waals surface area contributed by atoms with Crippen LogP contribution in [0.3, 0.4) is 0 Å². The second kappa shape index (κ2) is 7.46. The van der Waals surface area contributed by atoms with Crippen molar-refractivity contribution in [2.45, 2.75) is 6.42 Å². The van der Waals surface area contributed by atoms with Gasteiger partial charge in [-0.15, -0.1) is 11.3 Å². The van der Waals surface area contributed by atoms with Gasteiger partial charge in [0.2, 0.25) is 0 Å². The summed E-state index contributed by atoms with van der Waals surface area (Å²) in [6.07, 6.45) is 0.718. The molecule has 7 heteroatoms. The first-order valence-electron chi connectivity index (χ1n) is 6.54. The molecule has 1 aromatic heterocycles. The van der Waals surface area contributed by atoms with Gasteiger partial charge < -0.3 is 20.3 Å². The number of amides is 1. The number of ether oxygens (including phenoxy) is 1. The van der Waals surface area contributed by atoms with E-state index in [9.17, 15) is 14.7 Å². The van der Waals surface area contributed by atoms with Crippen LogP contribution in [0.15, 0.2) is 35.7 Å². The number of hydrogen-bond donors (Lipinski definition) is 3. The molecular formula is C15H15NO5S. The molecule has 0 atom stereocenters. The van der Waals surface area contributed by atoms with E-state index in [1.54, 1.807) is 11.3 Å². The number of thiophene rings is 1. The van der Waals surface area contributed by atoms with Gasteiger partial charge in [-0.2, -0.15) is 0 Å². The third-order valence-electron chi connectivity index (χ3n) is 2.81. The summed E-state index contributed by atoms with van der Waals surface area (Å²) in [5, 5.41) is 23.3. The molecule has 0 spiro atoms. The lowest BCUT2D eigenvalue weighted by molar-refractivity contribution is -0.124. The van der Waals surface area contributed by atoms with Gasteiger partial charge in [-0.25, -0.2) is 4.79 Å². The van der Waals surface area contributed by atoms with Crippen LogP contribution in [0.5, 0.6) is 11.5 Å². The van der Waals surface area contributed by atoms with E-state index in [0.29, 0.717) is 6.54 Å². The molecule has 6 nitrogen and oxygen atoms in total. The van der Waals surface area contributed by atoms with Crippen molar-refractivity contribution < 1.29 is 24.5 Å². The molecule has 0 aliphatic carbocycles. The number of nitrogens with one attached hydrogen (secondary N) is 1. The van der Waals surface area contributed by atoms with Crippen molar-refractivity contribution in [3.8, 4) is 11.5 Å². The third-order valence-corrected chi connectivity index (χ3v) is 3.75. The summed E-state index contributed by atoms with van der Waals surface area (Å²) >= 11 is 1.61. The molecule has 3 N–H and O–H groups in total. The predicted octanol–water partition coefficient (Wildman–Crippen LogP) is 1.67. The Kier molecular flexibility index (Phi) is 5.37. The standard InChI is InChI=1S/C15H15NO5S/c17-10-3-4-12(13(18)8-10)15(20)21-9-14(19)16-6-5-11-2-1-7-22-11/h1-4,7-8,17-18H,5-6,9H2,(H,16,19). The molecule has 1 heterocycles. The first-order chi connectivity index (χ1) is 10.6. The second-order valence-electron chi connectivity index (χ2n) is 4.46. The number of hydrogen-bond acceptors (Lipinski definition) is 6. The first-order valence-corrected chi connectivity index (χ1v) is 7.42. The predicted molar refractivity (Wildman–Crippen MR) is 81.1 cm³/mol. The van der Waals surface area contributed by atoms with Gasteiger partial charge in [0.05, 0.1) is 0 Å². The highest BCUT2D eigenvalue weighted by Crippen LogP contribution is 2.23. The van der Waals surface area contributed by atoms with Crippen molar-refractivity contribution in [1.29, 1.82) is 0 Å². The van der Waals surface area contributed by atoms with E-state index in [2.05, 4.69) is 5.32 Å². The molecule has 1 amide bonds. The molecule has 2 aromatic rings. The monoisotopic (exact) mass is 321 g/mol. The van der Waals surface area contributed by atoms with Crippen LogP contribution in [0, 0.1) is 0 Å². The molecule has 0 aliphatic heterocycles. The van der Waals surface area contributed by atoms with Crippen LogP contribution in [0.25, 0.3) is 0 Å². The molecule has 22 heavy (non-hydrogen) atoms. The number of carbonyl (C=O) groups is 2. The smallest absolute Gasteiger partial charge is 0.342 e. The molecule has 1 aromatic carbocycles. The fourth-order valence-corrected chi connectivity index (χ4v) is 2.44. The van der Waals surface area contributed by atoms with Crippen LogP contribution in [0.1, 0.15) is 15.2 Å². The normalized spacial score (nSPS) is 10.2. The SMILES string of the molecule is O=C(COC(=O)c1ccc(O)cc1O)NCCc1cccs1. The summed E-state index contributed by atoms with van der Waals surface area (Å²) in [4.78, 5) is 24.4. The quantitative estimate of drug-likeness (QED) is 0.704. The topological polar surface area (TPSA) is 95.9 Å². The van der Waals surface area contributed by atoms with Gasteiger partial charge in [-0.3, -0.25) is 4.79 Å². The second-order valence-corrected chi connectivity index (χ2v) is 5.49. The van der Waals surface area contributed by atoms with E-state index in [1.807, 2.05) is 17.5 Å². The van der Waals surface area contributed by atoms with Crippen LogP contribution >= 0.6 is 11.3 Å². The minimum absolute atomic E-state index is 0.107. The van der Waals surface area contributed by atoms with E-state index >= 15 is 0 Å². The molecule has 0 fully saturated rings. The molecule has 0 bridgehead atoms. The fourth-order valence-electron chi connectivity index (χ4n) is 1.73. The van der Waals surface area contributed by atoms with Crippen LogP contribution in [-0.4, -0.2) is 35.2 Å². The molecule has 0 radical (unpaired) electrons. The van der Waals surface area contributed by atoms with E-state index in [-0.39, 0.29) is 11.3 Å². The lowest BCUT2D eigenvalue weighted by Gasteiger charge is -2.07. The number of carbonyl (C=O) groups excluding carboxylic acids is 2. The summed E-state index contributed by atoms with van der Waals surface area (Å²) in [5.41, 5.74) is -0.107. The maximum Gasteiger partial charge on any atom is 0.342 e. The minimum atomic E-state index is -0.828. The highest BCUT2D eigenvalue weighted by Gasteiger charge is 2.14. The number of rotatable bonds is 6. The zero-order valence-electron chi connectivity index (χ0n) is 11.6. The Morgan fingerprint density at radius 2 is 2.05 bits per heavy atom. The van der Waals surface area contributed by atoms with Crippen molar-refractivity contribution in [2.75, 3.05) is 13.2 Å². The van der Waals surface area contributed by atoms with E-state index < -0.39 is 24.2 Å². The Balaban J connectivity index is 1.74. The fraction of sp³-hybridized carbons (Fsp3) is 0.200. The Morgan fingerprint density at radius 3 is 2.73 bits per heavy atom. The van der Waals surface area contributed by atoms with Gasteiger partial charge in [0.25, 0.3) is 5.91 Å². The molecular weight excluding hydrogens is 306 g/mol. The van der Waals surface area contributed by atoms with Gasteiger partial charge in [0.15, 0.2) is 6.61 Å². The van der Waals surface area contributed by atoms with Crippen LogP contribution in [-0.2, 0) is 16.0 Å². The minimum Gasteiger partial charge on any atom is -0.508 e. The molecule has 0 saturated heterocycles. The van der Waals surface area contributed by atoms with Crippen LogP contribution in [0.2, 0.25) is 0 Å². The average Bonchev–Trinajstić information content (AvgIpc) is 2.98. The molecule has 0 unspecified atom stereocenters. The van der Waals surface area contributed by atoms with Crippen molar-refractivity contribution in [3.05, 3.63) is 46.2 Å². The number of esters is 1. The summed E-state index contributed by atoms with van der Waals surface area (Å²) in [7, 11) is 0. The van der Waals surface area contributed by atoms with E-state index in [1.165, 1.54) is 12.1 Å². The van der Waals surface area contributed by atoms with Gasteiger partial charge in [0.1, 0.15) is 17.1 Å². The number of phenols is 2. The summed E-state index contributed by atoms with van der Waals surface area (Å²) in [5.74, 6) is -1.81. The Bertz CT molecular complexity index is 654. The van der Waals surface area contributed by atoms with Gasteiger partial charge in [-0.1, -0.05) is 6.07 Å². The molecule has 0 saturated carbocycles. The zero-order chi connectivity index (χ0) is 15.9. The molecule has 0 aliphatic rings. The number of phenolic OH excluding ortho intramolecular Hbond substituents is 2. The van der Waals surface area contributed by atoms with Gasteiger partial charge in [0, 0.05) is 17.5 Å². The molecule has 2 rings (SSSR count). The van der Waals surface area contributed by atoms with Gasteiger partial charge in [-0.05, 0) is 30.0 Å².